The molecule has 108 valence electrons. The molecule has 1 atom stereocenters. The standard InChI is InChI=1S/C13H14BrNO5/c1-3-20-13(19)8-4-5-10(9(14)6-8)15-11(16)7(2)12(17)18/h4-7H,3H2,1-2H3,(H,15,16)(H,17,18). The number of hydrogen-bond acceptors (Lipinski definition) is 4. The second kappa shape index (κ2) is 7.04. The van der Waals surface area contributed by atoms with Gasteiger partial charge in [0.15, 0.2) is 0 Å². The topological polar surface area (TPSA) is 92.7 Å². The van der Waals surface area contributed by atoms with E-state index >= 15 is 0 Å². The van der Waals surface area contributed by atoms with Crippen molar-refractivity contribution in [2.45, 2.75) is 13.8 Å². The summed E-state index contributed by atoms with van der Waals surface area (Å²) in [5.41, 5.74) is 0.721. The van der Waals surface area contributed by atoms with Crippen molar-refractivity contribution >= 4 is 39.5 Å². The number of hydrogen-bond donors (Lipinski definition) is 2. The summed E-state index contributed by atoms with van der Waals surface area (Å²) < 4.78 is 5.32. The first-order chi connectivity index (χ1) is 9.36. The molecule has 0 heterocycles. The van der Waals surface area contributed by atoms with Crippen molar-refractivity contribution in [3.63, 3.8) is 0 Å². The maximum absolute atomic E-state index is 11.6. The summed E-state index contributed by atoms with van der Waals surface area (Å²) in [6, 6.07) is 4.49. The Morgan fingerprint density at radius 3 is 2.55 bits per heavy atom. The van der Waals surface area contributed by atoms with Gasteiger partial charge in [-0.1, -0.05) is 0 Å². The van der Waals surface area contributed by atoms with Crippen molar-refractivity contribution in [3.8, 4) is 0 Å². The molecule has 0 aliphatic carbocycles. The van der Waals surface area contributed by atoms with E-state index in [2.05, 4.69) is 21.2 Å². The van der Waals surface area contributed by atoms with Crippen LogP contribution in [-0.2, 0) is 14.3 Å². The Balaban J connectivity index is 2.86. The Morgan fingerprint density at radius 1 is 1.40 bits per heavy atom. The van der Waals surface area contributed by atoms with E-state index in [4.69, 9.17) is 9.84 Å². The number of anilines is 1. The van der Waals surface area contributed by atoms with Crippen LogP contribution < -0.4 is 5.32 Å². The first-order valence-electron chi connectivity index (χ1n) is 5.87. The van der Waals surface area contributed by atoms with Gasteiger partial charge in [-0.15, -0.1) is 0 Å². The molecular weight excluding hydrogens is 330 g/mol. The number of rotatable bonds is 5. The maximum atomic E-state index is 11.6. The molecule has 0 saturated heterocycles. The van der Waals surface area contributed by atoms with Gasteiger partial charge in [-0.2, -0.15) is 0 Å². The van der Waals surface area contributed by atoms with Crippen LogP contribution in [0.4, 0.5) is 5.69 Å². The Labute approximate surface area is 124 Å². The lowest BCUT2D eigenvalue weighted by Crippen LogP contribution is -2.27. The Kier molecular flexibility index (Phi) is 5.69. The van der Waals surface area contributed by atoms with E-state index in [0.717, 1.165) is 0 Å². The SMILES string of the molecule is CCOC(=O)c1ccc(NC(=O)C(C)C(=O)O)c(Br)c1. The molecule has 1 unspecified atom stereocenters. The number of ether oxygens (including phenoxy) is 1. The van der Waals surface area contributed by atoms with E-state index in [1.54, 1.807) is 6.92 Å². The van der Waals surface area contributed by atoms with E-state index in [0.29, 0.717) is 15.7 Å². The van der Waals surface area contributed by atoms with Crippen LogP contribution in [0.2, 0.25) is 0 Å². The maximum Gasteiger partial charge on any atom is 0.338 e. The molecule has 0 saturated carbocycles. The summed E-state index contributed by atoms with van der Waals surface area (Å²) in [5, 5.41) is 11.2. The number of nitrogens with one attached hydrogen (secondary N) is 1. The number of esters is 1. The van der Waals surface area contributed by atoms with Gasteiger partial charge in [0.2, 0.25) is 5.91 Å². The van der Waals surface area contributed by atoms with Crippen molar-refractivity contribution < 1.29 is 24.2 Å². The molecule has 0 aromatic heterocycles. The van der Waals surface area contributed by atoms with Crippen LogP contribution >= 0.6 is 15.9 Å². The zero-order chi connectivity index (χ0) is 15.3. The van der Waals surface area contributed by atoms with Gasteiger partial charge in [-0.25, -0.2) is 4.79 Å². The van der Waals surface area contributed by atoms with Gasteiger partial charge >= 0.3 is 11.9 Å². The second-order valence-corrected chi connectivity index (χ2v) is 4.82. The zero-order valence-corrected chi connectivity index (χ0v) is 12.6. The molecule has 6 nitrogen and oxygen atoms in total. The van der Waals surface area contributed by atoms with Crippen LogP contribution in [0, 0.1) is 5.92 Å². The van der Waals surface area contributed by atoms with Crippen LogP contribution in [0.15, 0.2) is 22.7 Å². The quantitative estimate of drug-likeness (QED) is 0.632. The number of carboxylic acids is 1. The van der Waals surface area contributed by atoms with Gasteiger partial charge in [0.1, 0.15) is 5.92 Å². The molecule has 0 bridgehead atoms. The van der Waals surface area contributed by atoms with Gasteiger partial charge in [0.25, 0.3) is 0 Å². The largest absolute Gasteiger partial charge is 0.481 e. The summed E-state index contributed by atoms with van der Waals surface area (Å²) in [7, 11) is 0. The average Bonchev–Trinajstić information content (AvgIpc) is 2.40. The lowest BCUT2D eigenvalue weighted by molar-refractivity contribution is -0.144. The van der Waals surface area contributed by atoms with Crippen LogP contribution in [0.3, 0.4) is 0 Å². The summed E-state index contributed by atoms with van der Waals surface area (Å²) in [5.74, 6) is -3.47. The minimum Gasteiger partial charge on any atom is -0.481 e. The minimum atomic E-state index is -1.21. The molecule has 1 aromatic carbocycles. The zero-order valence-electron chi connectivity index (χ0n) is 11.0. The predicted octanol–water partition coefficient (Wildman–Crippen LogP) is 2.29. The normalized spacial score (nSPS) is 11.6. The van der Waals surface area contributed by atoms with E-state index in [1.807, 2.05) is 0 Å². The van der Waals surface area contributed by atoms with Crippen molar-refractivity contribution in [3.05, 3.63) is 28.2 Å². The fraction of sp³-hybridized carbons (Fsp3) is 0.308. The first-order valence-corrected chi connectivity index (χ1v) is 6.66. The van der Waals surface area contributed by atoms with E-state index in [9.17, 15) is 14.4 Å². The molecule has 0 aliphatic heterocycles. The highest BCUT2D eigenvalue weighted by Gasteiger charge is 2.21. The van der Waals surface area contributed by atoms with Crippen LogP contribution in [0.1, 0.15) is 24.2 Å². The number of halogens is 1. The predicted molar refractivity (Wildman–Crippen MR) is 75.5 cm³/mol. The highest BCUT2D eigenvalue weighted by Crippen LogP contribution is 2.24. The summed E-state index contributed by atoms with van der Waals surface area (Å²) in [6.07, 6.45) is 0. The van der Waals surface area contributed by atoms with Crippen LogP contribution in [0.25, 0.3) is 0 Å². The monoisotopic (exact) mass is 343 g/mol. The third kappa shape index (κ3) is 4.06. The van der Waals surface area contributed by atoms with E-state index in [-0.39, 0.29) is 6.61 Å². The Morgan fingerprint density at radius 2 is 2.05 bits per heavy atom. The number of carbonyl (C=O) groups excluding carboxylic acids is 2. The summed E-state index contributed by atoms with van der Waals surface area (Å²) in [6.45, 7) is 3.26. The molecule has 0 spiro atoms. The molecule has 0 aliphatic rings. The van der Waals surface area contributed by atoms with Gasteiger partial charge < -0.3 is 15.2 Å². The average molecular weight is 344 g/mol. The van der Waals surface area contributed by atoms with Crippen molar-refractivity contribution in [2.75, 3.05) is 11.9 Å². The highest BCUT2D eigenvalue weighted by molar-refractivity contribution is 9.10. The Hall–Kier alpha value is -1.89. The fourth-order valence-corrected chi connectivity index (χ4v) is 1.79. The number of aliphatic carboxylic acids is 1. The molecule has 0 radical (unpaired) electrons. The highest BCUT2D eigenvalue weighted by atomic mass is 79.9. The van der Waals surface area contributed by atoms with Crippen LogP contribution in [-0.4, -0.2) is 29.6 Å². The number of benzene rings is 1. The summed E-state index contributed by atoms with van der Waals surface area (Å²) in [4.78, 5) is 33.8. The number of amides is 1. The van der Waals surface area contributed by atoms with Crippen molar-refractivity contribution in [1.82, 2.24) is 0 Å². The molecule has 1 rings (SSSR count). The number of carboxylic acid groups (broad SMARTS) is 1. The lowest BCUT2D eigenvalue weighted by Gasteiger charge is -2.11. The fourth-order valence-electron chi connectivity index (χ4n) is 1.31. The minimum absolute atomic E-state index is 0.269. The molecule has 20 heavy (non-hydrogen) atoms. The molecule has 1 aromatic rings. The van der Waals surface area contributed by atoms with Gasteiger partial charge in [-0.3, -0.25) is 9.59 Å². The van der Waals surface area contributed by atoms with E-state index in [1.165, 1.54) is 25.1 Å². The third-order valence-corrected chi connectivity index (χ3v) is 3.16. The van der Waals surface area contributed by atoms with Crippen molar-refractivity contribution in [2.24, 2.45) is 5.92 Å². The first kappa shape index (κ1) is 16.2. The van der Waals surface area contributed by atoms with Crippen LogP contribution in [0.5, 0.6) is 0 Å². The molecular formula is C13H14BrNO5. The van der Waals surface area contributed by atoms with Crippen molar-refractivity contribution in [1.29, 1.82) is 0 Å². The van der Waals surface area contributed by atoms with Gasteiger partial charge in [-0.05, 0) is 48.0 Å². The molecule has 0 fully saturated rings. The smallest absolute Gasteiger partial charge is 0.338 e. The molecule has 7 heteroatoms. The Bertz CT molecular complexity index is 544. The lowest BCUT2D eigenvalue weighted by atomic mass is 10.1. The second-order valence-electron chi connectivity index (χ2n) is 3.96. The van der Waals surface area contributed by atoms with Gasteiger partial charge in [0.05, 0.1) is 17.9 Å². The van der Waals surface area contributed by atoms with Gasteiger partial charge in [0, 0.05) is 4.47 Å². The number of carbonyl (C=O) groups is 3. The molecule has 2 N–H and O–H groups in total. The van der Waals surface area contributed by atoms with E-state index < -0.39 is 23.8 Å². The third-order valence-electron chi connectivity index (χ3n) is 2.50. The summed E-state index contributed by atoms with van der Waals surface area (Å²) >= 11 is 3.21. The molecule has 1 amide bonds.